The van der Waals surface area contributed by atoms with Crippen molar-refractivity contribution in [2.24, 2.45) is 0 Å². The summed E-state index contributed by atoms with van der Waals surface area (Å²) in [5.41, 5.74) is 1.35. The van der Waals surface area contributed by atoms with Crippen LogP contribution in [0.4, 0.5) is 0 Å². The van der Waals surface area contributed by atoms with Crippen molar-refractivity contribution in [2.75, 3.05) is 0 Å². The Morgan fingerprint density at radius 2 is 2.07 bits per heavy atom. The van der Waals surface area contributed by atoms with Crippen molar-refractivity contribution < 1.29 is 9.90 Å². The summed E-state index contributed by atoms with van der Waals surface area (Å²) in [6.45, 7) is 3.66. The van der Waals surface area contributed by atoms with Gasteiger partial charge in [-0.1, -0.05) is 24.3 Å². The van der Waals surface area contributed by atoms with Crippen LogP contribution in [0.3, 0.4) is 0 Å². The van der Waals surface area contributed by atoms with E-state index in [1.165, 1.54) is 0 Å². The second-order valence-corrected chi connectivity index (χ2v) is 3.50. The normalized spacial score (nSPS) is 9.87. The van der Waals surface area contributed by atoms with Crippen molar-refractivity contribution in [3.05, 3.63) is 48.0 Å². The molecule has 15 heavy (non-hydrogen) atoms. The lowest BCUT2D eigenvalue weighted by atomic mass is 10.0. The molecule has 0 radical (unpaired) electrons. The predicted molar refractivity (Wildman–Crippen MR) is 61.2 cm³/mol. The first kappa shape index (κ1) is 11.5. The fraction of sp³-hybridized carbons (Fsp3) is 0.308. The molecule has 0 atom stereocenters. The Morgan fingerprint density at radius 3 is 2.73 bits per heavy atom. The molecule has 0 aliphatic rings. The van der Waals surface area contributed by atoms with Gasteiger partial charge in [0.1, 0.15) is 0 Å². The van der Waals surface area contributed by atoms with Crippen LogP contribution in [-0.2, 0) is 6.42 Å². The second-order valence-electron chi connectivity index (χ2n) is 3.50. The third kappa shape index (κ3) is 3.58. The van der Waals surface area contributed by atoms with E-state index in [-0.39, 0.29) is 0 Å². The largest absolute Gasteiger partial charge is 0.478 e. The van der Waals surface area contributed by atoms with Crippen LogP contribution in [0, 0.1) is 0 Å². The zero-order chi connectivity index (χ0) is 11.1. The molecule has 1 aromatic rings. The number of aromatic carboxylic acids is 1. The van der Waals surface area contributed by atoms with Crippen molar-refractivity contribution >= 4 is 5.97 Å². The van der Waals surface area contributed by atoms with Gasteiger partial charge in [0.25, 0.3) is 0 Å². The number of unbranched alkanes of at least 4 members (excludes halogenated alkanes) is 2. The van der Waals surface area contributed by atoms with Gasteiger partial charge in [0.15, 0.2) is 0 Å². The average Bonchev–Trinajstić information content (AvgIpc) is 2.25. The van der Waals surface area contributed by atoms with E-state index in [0.29, 0.717) is 5.56 Å². The van der Waals surface area contributed by atoms with Crippen molar-refractivity contribution in [2.45, 2.75) is 25.7 Å². The summed E-state index contributed by atoms with van der Waals surface area (Å²) in [7, 11) is 0. The number of allylic oxidation sites excluding steroid dienone is 1. The minimum Gasteiger partial charge on any atom is -0.478 e. The van der Waals surface area contributed by atoms with Gasteiger partial charge in [0, 0.05) is 0 Å². The molecule has 2 heteroatoms. The molecule has 0 amide bonds. The molecule has 0 saturated heterocycles. The van der Waals surface area contributed by atoms with Gasteiger partial charge >= 0.3 is 5.97 Å². The van der Waals surface area contributed by atoms with E-state index in [1.807, 2.05) is 18.2 Å². The molecule has 80 valence electrons. The molecule has 1 aromatic carbocycles. The Labute approximate surface area is 90.3 Å². The van der Waals surface area contributed by atoms with Crippen LogP contribution < -0.4 is 0 Å². The Hall–Kier alpha value is -1.57. The maximum absolute atomic E-state index is 10.9. The fourth-order valence-corrected chi connectivity index (χ4v) is 1.55. The van der Waals surface area contributed by atoms with Crippen LogP contribution in [0.25, 0.3) is 0 Å². The van der Waals surface area contributed by atoms with Gasteiger partial charge < -0.3 is 5.11 Å². The third-order valence-corrected chi connectivity index (χ3v) is 2.35. The molecule has 0 fully saturated rings. The summed E-state index contributed by atoms with van der Waals surface area (Å²) in [5, 5.41) is 8.95. The number of hydrogen-bond acceptors (Lipinski definition) is 1. The Bertz CT molecular complexity index is 342. The quantitative estimate of drug-likeness (QED) is 0.570. The standard InChI is InChI=1S/C13H16O2/c1-2-3-4-5-8-11-9-6-7-10-12(11)13(14)15/h2,6-7,9-10H,1,3-5,8H2,(H,14,15). The number of carbonyl (C=O) groups is 1. The Morgan fingerprint density at radius 1 is 1.33 bits per heavy atom. The molecular formula is C13H16O2. The molecule has 0 aromatic heterocycles. The summed E-state index contributed by atoms with van der Waals surface area (Å²) in [5.74, 6) is -0.839. The first-order chi connectivity index (χ1) is 7.25. The minimum absolute atomic E-state index is 0.427. The highest BCUT2D eigenvalue weighted by molar-refractivity contribution is 5.89. The number of carboxylic acid groups (broad SMARTS) is 1. The first-order valence-electron chi connectivity index (χ1n) is 5.18. The molecule has 1 N–H and O–H groups in total. The highest BCUT2D eigenvalue weighted by Gasteiger charge is 2.07. The lowest BCUT2D eigenvalue weighted by Crippen LogP contribution is -2.01. The van der Waals surface area contributed by atoms with Crippen LogP contribution in [-0.4, -0.2) is 11.1 Å². The second kappa shape index (κ2) is 6.02. The SMILES string of the molecule is C=CCCCCc1ccccc1C(=O)O. The molecule has 0 aliphatic heterocycles. The summed E-state index contributed by atoms with van der Waals surface area (Å²) < 4.78 is 0. The maximum atomic E-state index is 10.9. The van der Waals surface area contributed by atoms with Gasteiger partial charge in [-0.05, 0) is 37.3 Å². The molecule has 0 unspecified atom stereocenters. The van der Waals surface area contributed by atoms with E-state index in [4.69, 9.17) is 5.11 Å². The van der Waals surface area contributed by atoms with Crippen LogP contribution in [0.1, 0.15) is 35.2 Å². The van der Waals surface area contributed by atoms with Gasteiger partial charge in [0.2, 0.25) is 0 Å². The Balaban J connectivity index is 2.59. The molecule has 0 heterocycles. The van der Waals surface area contributed by atoms with E-state index >= 15 is 0 Å². The van der Waals surface area contributed by atoms with Gasteiger partial charge in [0.05, 0.1) is 5.56 Å². The van der Waals surface area contributed by atoms with E-state index < -0.39 is 5.97 Å². The molecular weight excluding hydrogens is 188 g/mol. The number of carboxylic acids is 1. The van der Waals surface area contributed by atoms with Crippen molar-refractivity contribution in [3.8, 4) is 0 Å². The molecule has 0 bridgehead atoms. The molecule has 2 nitrogen and oxygen atoms in total. The summed E-state index contributed by atoms with van der Waals surface area (Å²) in [4.78, 5) is 10.9. The van der Waals surface area contributed by atoms with Gasteiger partial charge in [-0.25, -0.2) is 4.79 Å². The van der Waals surface area contributed by atoms with Gasteiger partial charge in [-0.15, -0.1) is 6.58 Å². The molecule has 0 saturated carbocycles. The van der Waals surface area contributed by atoms with E-state index in [1.54, 1.807) is 12.1 Å². The molecule has 1 rings (SSSR count). The predicted octanol–water partition coefficient (Wildman–Crippen LogP) is 3.28. The van der Waals surface area contributed by atoms with E-state index in [2.05, 4.69) is 6.58 Å². The minimum atomic E-state index is -0.839. The van der Waals surface area contributed by atoms with Gasteiger partial charge in [-0.2, -0.15) is 0 Å². The molecule has 0 spiro atoms. The summed E-state index contributed by atoms with van der Waals surface area (Å²) >= 11 is 0. The highest BCUT2D eigenvalue weighted by Crippen LogP contribution is 2.12. The van der Waals surface area contributed by atoms with Gasteiger partial charge in [-0.3, -0.25) is 0 Å². The number of benzene rings is 1. The van der Waals surface area contributed by atoms with E-state index in [9.17, 15) is 4.79 Å². The van der Waals surface area contributed by atoms with Crippen LogP contribution in [0.5, 0.6) is 0 Å². The monoisotopic (exact) mass is 204 g/mol. The number of aryl methyl sites for hydroxylation is 1. The van der Waals surface area contributed by atoms with Crippen molar-refractivity contribution in [1.29, 1.82) is 0 Å². The Kier molecular flexibility index (Phi) is 4.61. The summed E-state index contributed by atoms with van der Waals surface area (Å²) in [6, 6.07) is 7.19. The van der Waals surface area contributed by atoms with Crippen LogP contribution in [0.2, 0.25) is 0 Å². The topological polar surface area (TPSA) is 37.3 Å². The lowest BCUT2D eigenvalue weighted by Gasteiger charge is -2.04. The van der Waals surface area contributed by atoms with Crippen molar-refractivity contribution in [1.82, 2.24) is 0 Å². The number of rotatable bonds is 6. The van der Waals surface area contributed by atoms with E-state index in [0.717, 1.165) is 31.2 Å². The van der Waals surface area contributed by atoms with Crippen LogP contribution in [0.15, 0.2) is 36.9 Å². The first-order valence-corrected chi connectivity index (χ1v) is 5.18. The highest BCUT2D eigenvalue weighted by atomic mass is 16.4. The smallest absolute Gasteiger partial charge is 0.335 e. The van der Waals surface area contributed by atoms with Crippen LogP contribution >= 0.6 is 0 Å². The summed E-state index contributed by atoms with van der Waals surface area (Å²) in [6.07, 6.45) is 5.79. The zero-order valence-corrected chi connectivity index (χ0v) is 8.78. The zero-order valence-electron chi connectivity index (χ0n) is 8.78. The molecule has 0 aliphatic carbocycles. The maximum Gasteiger partial charge on any atom is 0.335 e. The van der Waals surface area contributed by atoms with Crippen molar-refractivity contribution in [3.63, 3.8) is 0 Å². The third-order valence-electron chi connectivity index (χ3n) is 2.35. The lowest BCUT2D eigenvalue weighted by molar-refractivity contribution is 0.0695. The number of hydrogen-bond donors (Lipinski definition) is 1. The fourth-order valence-electron chi connectivity index (χ4n) is 1.55. The average molecular weight is 204 g/mol.